The number of aromatic nitrogens is 6. The molecule has 2 N–H and O–H groups in total. The van der Waals surface area contributed by atoms with Crippen LogP contribution in [0.25, 0.3) is 28.4 Å². The molecule has 37 heavy (non-hydrogen) atoms. The third-order valence-electron chi connectivity index (χ3n) is 6.61. The van der Waals surface area contributed by atoms with Crippen molar-refractivity contribution in [3.05, 3.63) is 78.6 Å². The van der Waals surface area contributed by atoms with Crippen molar-refractivity contribution in [3.8, 4) is 22.8 Å². The summed E-state index contributed by atoms with van der Waals surface area (Å²) in [5.74, 6) is 0.176. The molecule has 0 saturated carbocycles. The molecule has 5 aromatic rings. The number of likely N-dealkylation sites (tertiary alicyclic amines) is 1. The van der Waals surface area contributed by atoms with Crippen molar-refractivity contribution in [3.63, 3.8) is 0 Å². The molecule has 1 aliphatic heterocycles. The first-order valence-corrected chi connectivity index (χ1v) is 11.9. The molecule has 1 aliphatic rings. The van der Waals surface area contributed by atoms with Crippen LogP contribution in [0.4, 0.5) is 5.95 Å². The van der Waals surface area contributed by atoms with Crippen LogP contribution in [-0.4, -0.2) is 59.0 Å². The fourth-order valence-electron chi connectivity index (χ4n) is 4.43. The number of carbonyl (C=O) groups excluding carboxylic acids is 1. The van der Waals surface area contributed by atoms with Gasteiger partial charge in [0, 0.05) is 50.9 Å². The Hall–Kier alpha value is -4.64. The van der Waals surface area contributed by atoms with E-state index in [-0.39, 0.29) is 18.2 Å². The Bertz CT molecular complexity index is 1610. The number of hydrogen-bond acceptors (Lipinski definition) is 9. The Morgan fingerprint density at radius 2 is 1.86 bits per heavy atom. The molecule has 2 unspecified atom stereocenters. The lowest BCUT2D eigenvalue weighted by atomic mass is 9.98. The number of imidazole rings is 1. The van der Waals surface area contributed by atoms with Gasteiger partial charge in [-0.25, -0.2) is 19.9 Å². The van der Waals surface area contributed by atoms with Gasteiger partial charge in [-0.05, 0) is 36.8 Å². The molecule has 0 aromatic carbocycles. The number of carbonyl (C=O) groups is 1. The summed E-state index contributed by atoms with van der Waals surface area (Å²) in [7, 11) is 1.65. The van der Waals surface area contributed by atoms with Crippen LogP contribution in [0, 0.1) is 0 Å². The molecule has 186 valence electrons. The Morgan fingerprint density at radius 1 is 1.05 bits per heavy atom. The molecule has 6 heterocycles. The molecule has 11 heteroatoms. The molecule has 0 radical (unpaired) electrons. The van der Waals surface area contributed by atoms with Crippen LogP contribution < -0.4 is 5.32 Å². The second-order valence-corrected chi connectivity index (χ2v) is 9.11. The first-order valence-electron chi connectivity index (χ1n) is 11.9. The number of nitrogens with one attached hydrogen (secondary N) is 1. The summed E-state index contributed by atoms with van der Waals surface area (Å²) in [6.07, 6.45) is 7.62. The van der Waals surface area contributed by atoms with Crippen molar-refractivity contribution < 1.29 is 14.4 Å². The molecule has 11 nitrogen and oxygen atoms in total. The summed E-state index contributed by atoms with van der Waals surface area (Å²) < 4.78 is 7.34. The normalized spacial score (nSPS) is 18.5. The minimum absolute atomic E-state index is 0.0435. The topological polar surface area (TPSA) is 135 Å². The quantitative estimate of drug-likeness (QED) is 0.364. The smallest absolute Gasteiger partial charge is 0.262 e. The molecular weight excluding hydrogens is 472 g/mol. The minimum Gasteiger partial charge on any atom is -0.373 e. The fourth-order valence-corrected chi connectivity index (χ4v) is 4.43. The summed E-state index contributed by atoms with van der Waals surface area (Å²) >= 11 is 0. The lowest BCUT2D eigenvalue weighted by molar-refractivity contribution is -0.144. The fraction of sp³-hybridized carbons (Fsp3) is 0.231. The van der Waals surface area contributed by atoms with E-state index >= 15 is 0 Å². The predicted octanol–water partition coefficient (Wildman–Crippen LogP) is 3.06. The largest absolute Gasteiger partial charge is 0.373 e. The maximum Gasteiger partial charge on any atom is 0.262 e. The van der Waals surface area contributed by atoms with Crippen LogP contribution in [0.5, 0.6) is 0 Å². The number of pyridine rings is 2. The van der Waals surface area contributed by atoms with Gasteiger partial charge in [0.1, 0.15) is 11.3 Å². The van der Waals surface area contributed by atoms with E-state index in [9.17, 15) is 9.90 Å². The van der Waals surface area contributed by atoms with Crippen molar-refractivity contribution >= 4 is 17.5 Å². The van der Waals surface area contributed by atoms with Gasteiger partial charge in [0.25, 0.3) is 5.91 Å². The number of rotatable bonds is 6. The van der Waals surface area contributed by atoms with E-state index in [1.54, 1.807) is 37.6 Å². The molecule has 5 aromatic heterocycles. The average molecular weight is 497 g/mol. The number of hydrogen-bond donors (Lipinski definition) is 2. The van der Waals surface area contributed by atoms with Crippen LogP contribution in [-0.2, 0) is 10.4 Å². The van der Waals surface area contributed by atoms with Crippen LogP contribution in [0.1, 0.15) is 30.7 Å². The van der Waals surface area contributed by atoms with Gasteiger partial charge in [-0.15, -0.1) is 0 Å². The predicted molar refractivity (Wildman–Crippen MR) is 134 cm³/mol. The highest BCUT2D eigenvalue weighted by Crippen LogP contribution is 2.34. The molecule has 1 fully saturated rings. The molecule has 0 aliphatic carbocycles. The van der Waals surface area contributed by atoms with Gasteiger partial charge < -0.3 is 24.2 Å². The van der Waals surface area contributed by atoms with E-state index in [1.807, 2.05) is 48.0 Å². The van der Waals surface area contributed by atoms with Crippen molar-refractivity contribution in [1.29, 1.82) is 0 Å². The van der Waals surface area contributed by atoms with Gasteiger partial charge in [0.05, 0.1) is 23.1 Å². The molecule has 1 saturated heterocycles. The SMILES string of the molecule is CC(Nc1nccc(-c2cccc(-c3cc(C4(O)CCN(C)C4=O)on3)n2)n1)c1ccc2nccn2c1. The summed E-state index contributed by atoms with van der Waals surface area (Å²) in [5, 5.41) is 18.2. The van der Waals surface area contributed by atoms with Crippen LogP contribution in [0.2, 0.25) is 0 Å². The van der Waals surface area contributed by atoms with Gasteiger partial charge >= 0.3 is 0 Å². The van der Waals surface area contributed by atoms with E-state index in [1.165, 1.54) is 4.90 Å². The van der Waals surface area contributed by atoms with Crippen molar-refractivity contribution in [1.82, 2.24) is 34.4 Å². The number of anilines is 1. The highest BCUT2D eigenvalue weighted by molar-refractivity contribution is 5.87. The lowest BCUT2D eigenvalue weighted by Crippen LogP contribution is -2.35. The zero-order chi connectivity index (χ0) is 25.6. The lowest BCUT2D eigenvalue weighted by Gasteiger charge is -2.16. The third kappa shape index (κ3) is 4.08. The van der Waals surface area contributed by atoms with E-state index in [4.69, 9.17) is 4.52 Å². The van der Waals surface area contributed by atoms with Gasteiger partial charge in [-0.1, -0.05) is 17.3 Å². The molecular formula is C26H24N8O3. The zero-order valence-electron chi connectivity index (χ0n) is 20.2. The Morgan fingerprint density at radius 3 is 2.68 bits per heavy atom. The van der Waals surface area contributed by atoms with Crippen molar-refractivity contribution in [2.45, 2.75) is 25.0 Å². The van der Waals surface area contributed by atoms with E-state index in [0.717, 1.165) is 11.2 Å². The van der Waals surface area contributed by atoms with Gasteiger partial charge in [0.2, 0.25) is 11.5 Å². The second-order valence-electron chi connectivity index (χ2n) is 9.11. The first kappa shape index (κ1) is 22.8. The van der Waals surface area contributed by atoms with Crippen LogP contribution in [0.15, 0.2) is 71.8 Å². The summed E-state index contributed by atoms with van der Waals surface area (Å²) in [6, 6.07) is 12.8. The zero-order valence-corrected chi connectivity index (χ0v) is 20.2. The van der Waals surface area contributed by atoms with Crippen molar-refractivity contribution in [2.24, 2.45) is 0 Å². The number of likely N-dealkylation sites (N-methyl/N-ethyl adjacent to an activating group) is 1. The maximum absolute atomic E-state index is 12.4. The van der Waals surface area contributed by atoms with Gasteiger partial charge in [0.15, 0.2) is 5.76 Å². The molecule has 1 amide bonds. The van der Waals surface area contributed by atoms with E-state index < -0.39 is 11.5 Å². The van der Waals surface area contributed by atoms with Crippen LogP contribution >= 0.6 is 0 Å². The highest BCUT2D eigenvalue weighted by Gasteiger charge is 2.48. The highest BCUT2D eigenvalue weighted by atomic mass is 16.5. The monoisotopic (exact) mass is 496 g/mol. The molecule has 6 rings (SSSR count). The molecule has 0 bridgehead atoms. The van der Waals surface area contributed by atoms with Gasteiger partial charge in [-0.3, -0.25) is 4.79 Å². The van der Waals surface area contributed by atoms with E-state index in [0.29, 0.717) is 35.3 Å². The Balaban J connectivity index is 1.23. The number of fused-ring (bicyclic) bond motifs is 1. The third-order valence-corrected chi connectivity index (χ3v) is 6.61. The number of amides is 1. The first-order chi connectivity index (χ1) is 17.9. The van der Waals surface area contributed by atoms with Crippen LogP contribution in [0.3, 0.4) is 0 Å². The number of nitrogens with zero attached hydrogens (tertiary/aromatic N) is 7. The maximum atomic E-state index is 12.4. The Labute approximate surface area is 211 Å². The molecule has 0 spiro atoms. The average Bonchev–Trinajstić information content (AvgIpc) is 3.66. The van der Waals surface area contributed by atoms with E-state index in [2.05, 4.69) is 30.4 Å². The summed E-state index contributed by atoms with van der Waals surface area (Å²) in [5.41, 5.74) is 2.45. The summed E-state index contributed by atoms with van der Waals surface area (Å²) in [4.78, 5) is 31.9. The summed E-state index contributed by atoms with van der Waals surface area (Å²) in [6.45, 7) is 2.48. The molecule has 2 atom stereocenters. The second kappa shape index (κ2) is 8.79. The standard InChI is InChI=1S/C26H24N8O3/c1-16(17-6-7-23-27-11-13-34(23)15-17)29-25-28-10-8-20(31-25)18-4-3-5-19(30-18)21-14-22(37-32-21)26(36)9-12-33(2)24(26)35/h3-8,10-11,13-16,36H,9,12H2,1-2H3,(H,28,29,31). The van der Waals surface area contributed by atoms with Crippen molar-refractivity contribution in [2.75, 3.05) is 18.9 Å². The van der Waals surface area contributed by atoms with Gasteiger partial charge in [-0.2, -0.15) is 0 Å². The minimum atomic E-state index is -1.70. The Kier molecular flexibility index (Phi) is 5.41. The number of aliphatic hydroxyl groups is 1.